The lowest BCUT2D eigenvalue weighted by molar-refractivity contribution is -0.132. The van der Waals surface area contributed by atoms with Crippen molar-refractivity contribution in [1.29, 1.82) is 0 Å². The number of aryl methyl sites for hydroxylation is 1. The molecule has 1 aromatic rings. The Kier molecular flexibility index (Phi) is 5.43. The van der Waals surface area contributed by atoms with Crippen molar-refractivity contribution in [3.8, 4) is 5.75 Å². The Bertz CT molecular complexity index is 657. The normalized spacial score (nSPS) is 16.9. The Morgan fingerprint density at radius 3 is 2.71 bits per heavy atom. The number of benzene rings is 1. The van der Waals surface area contributed by atoms with E-state index in [1.807, 2.05) is 19.1 Å². The summed E-state index contributed by atoms with van der Waals surface area (Å²) >= 11 is 0. The number of likely N-dealkylation sites (N-methyl/N-ethyl adjacent to an activating group) is 1. The van der Waals surface area contributed by atoms with Gasteiger partial charge in [0.25, 0.3) is 0 Å². The van der Waals surface area contributed by atoms with Crippen LogP contribution in [0, 0.1) is 12.8 Å². The highest BCUT2D eigenvalue weighted by atomic mass is 16.5. The molecule has 7 heteroatoms. The van der Waals surface area contributed by atoms with Crippen LogP contribution >= 0.6 is 0 Å². The molecule has 1 fully saturated rings. The zero-order valence-corrected chi connectivity index (χ0v) is 14.5. The van der Waals surface area contributed by atoms with Crippen LogP contribution in [0.15, 0.2) is 18.2 Å². The summed E-state index contributed by atoms with van der Waals surface area (Å²) in [5.41, 5.74) is 1.67. The minimum Gasteiger partial charge on any atom is -0.495 e. The lowest BCUT2D eigenvalue weighted by Gasteiger charge is -2.20. The molecule has 1 heterocycles. The van der Waals surface area contributed by atoms with E-state index >= 15 is 0 Å². The molecule has 7 nitrogen and oxygen atoms in total. The number of nitrogens with one attached hydrogen (secondary N) is 1. The second kappa shape index (κ2) is 7.33. The number of methoxy groups -OCH3 is 1. The molecule has 2 rings (SSSR count). The second-order valence-corrected chi connectivity index (χ2v) is 6.09. The summed E-state index contributed by atoms with van der Waals surface area (Å²) in [7, 11) is 4.80. The van der Waals surface area contributed by atoms with E-state index < -0.39 is 5.92 Å². The van der Waals surface area contributed by atoms with Gasteiger partial charge < -0.3 is 19.9 Å². The number of nitrogens with zero attached hydrogens (tertiary/aromatic N) is 2. The van der Waals surface area contributed by atoms with E-state index in [1.165, 1.54) is 4.90 Å². The predicted molar refractivity (Wildman–Crippen MR) is 89.9 cm³/mol. The van der Waals surface area contributed by atoms with Crippen molar-refractivity contribution < 1.29 is 19.1 Å². The minimum atomic E-state index is -0.474. The van der Waals surface area contributed by atoms with E-state index in [2.05, 4.69) is 5.32 Å². The van der Waals surface area contributed by atoms with Gasteiger partial charge in [-0.1, -0.05) is 6.07 Å². The molecule has 1 aliphatic rings. The lowest BCUT2D eigenvalue weighted by Crippen LogP contribution is -2.39. The Morgan fingerprint density at radius 1 is 1.38 bits per heavy atom. The van der Waals surface area contributed by atoms with Crippen LogP contribution in [-0.2, 0) is 14.4 Å². The minimum absolute atomic E-state index is 0.0652. The summed E-state index contributed by atoms with van der Waals surface area (Å²) in [6.07, 6.45) is 0.124. The maximum Gasteiger partial charge on any atom is 0.241 e. The van der Waals surface area contributed by atoms with Gasteiger partial charge in [-0.15, -0.1) is 0 Å². The molecule has 0 bridgehead atoms. The first-order valence-electron chi connectivity index (χ1n) is 7.76. The van der Waals surface area contributed by atoms with Crippen molar-refractivity contribution in [2.45, 2.75) is 13.3 Å². The summed E-state index contributed by atoms with van der Waals surface area (Å²) < 4.78 is 5.32. The molecular formula is C17H23N3O4. The molecular weight excluding hydrogens is 310 g/mol. The maximum absolute atomic E-state index is 12.3. The van der Waals surface area contributed by atoms with Crippen LogP contribution in [0.1, 0.15) is 12.0 Å². The standard InChI is InChI=1S/C17H23N3O4/c1-11-5-6-14(24-4)13(7-11)20-10-12(8-15(20)21)17(23)18-9-16(22)19(2)3/h5-7,12H,8-10H2,1-4H3,(H,18,23)/t12-/m1/s1. The van der Waals surface area contributed by atoms with Gasteiger partial charge in [-0.25, -0.2) is 0 Å². The predicted octanol–water partition coefficient (Wildman–Crippen LogP) is 0.561. The average Bonchev–Trinajstić information content (AvgIpc) is 2.93. The molecule has 1 aromatic carbocycles. The Hall–Kier alpha value is -2.57. The maximum atomic E-state index is 12.3. The molecule has 130 valence electrons. The molecule has 0 spiro atoms. The highest BCUT2D eigenvalue weighted by molar-refractivity contribution is 6.01. The average molecular weight is 333 g/mol. The van der Waals surface area contributed by atoms with Crippen LogP contribution < -0.4 is 15.0 Å². The van der Waals surface area contributed by atoms with Crippen LogP contribution in [0.5, 0.6) is 5.75 Å². The largest absolute Gasteiger partial charge is 0.495 e. The third-order valence-electron chi connectivity index (χ3n) is 4.03. The molecule has 1 atom stereocenters. The smallest absolute Gasteiger partial charge is 0.241 e. The van der Waals surface area contributed by atoms with Gasteiger partial charge in [-0.2, -0.15) is 0 Å². The number of hydrogen-bond donors (Lipinski definition) is 1. The van der Waals surface area contributed by atoms with E-state index in [-0.39, 0.29) is 37.2 Å². The van der Waals surface area contributed by atoms with Gasteiger partial charge in [-0.3, -0.25) is 14.4 Å². The Balaban J connectivity index is 2.07. The fourth-order valence-electron chi connectivity index (χ4n) is 2.59. The summed E-state index contributed by atoms with van der Waals surface area (Å²) in [6, 6.07) is 5.58. The summed E-state index contributed by atoms with van der Waals surface area (Å²) in [5.74, 6) is -0.481. The zero-order chi connectivity index (χ0) is 17.9. The molecule has 3 amide bonds. The van der Waals surface area contributed by atoms with Gasteiger partial charge in [0, 0.05) is 27.1 Å². The quantitative estimate of drug-likeness (QED) is 0.854. The van der Waals surface area contributed by atoms with Gasteiger partial charge in [0.2, 0.25) is 17.7 Å². The van der Waals surface area contributed by atoms with Gasteiger partial charge in [0.1, 0.15) is 5.75 Å². The van der Waals surface area contributed by atoms with Crippen LogP contribution in [0.2, 0.25) is 0 Å². The first-order chi connectivity index (χ1) is 11.3. The number of carbonyl (C=O) groups excluding carboxylic acids is 3. The molecule has 0 unspecified atom stereocenters. The van der Waals surface area contributed by atoms with Gasteiger partial charge in [0.15, 0.2) is 0 Å². The van der Waals surface area contributed by atoms with Crippen molar-refractivity contribution in [1.82, 2.24) is 10.2 Å². The second-order valence-electron chi connectivity index (χ2n) is 6.09. The first kappa shape index (κ1) is 17.8. The van der Waals surface area contributed by atoms with Crippen molar-refractivity contribution >= 4 is 23.4 Å². The number of hydrogen-bond acceptors (Lipinski definition) is 4. The Morgan fingerprint density at radius 2 is 2.08 bits per heavy atom. The fourth-order valence-corrected chi connectivity index (χ4v) is 2.59. The van der Waals surface area contributed by atoms with E-state index in [0.717, 1.165) is 5.56 Å². The lowest BCUT2D eigenvalue weighted by atomic mass is 10.1. The van der Waals surface area contributed by atoms with E-state index in [9.17, 15) is 14.4 Å². The van der Waals surface area contributed by atoms with E-state index in [1.54, 1.807) is 32.2 Å². The molecule has 0 saturated carbocycles. The number of amides is 3. The molecule has 0 radical (unpaired) electrons. The first-order valence-corrected chi connectivity index (χ1v) is 7.76. The highest BCUT2D eigenvalue weighted by Crippen LogP contribution is 2.33. The number of rotatable bonds is 5. The van der Waals surface area contributed by atoms with Crippen molar-refractivity contribution in [3.05, 3.63) is 23.8 Å². The topological polar surface area (TPSA) is 79.0 Å². The fraction of sp³-hybridized carbons (Fsp3) is 0.471. The molecule has 24 heavy (non-hydrogen) atoms. The SMILES string of the molecule is COc1ccc(C)cc1N1C[C@H](C(=O)NCC(=O)N(C)C)CC1=O. The Labute approximate surface area is 141 Å². The van der Waals surface area contributed by atoms with E-state index in [4.69, 9.17) is 4.74 Å². The molecule has 1 N–H and O–H groups in total. The monoisotopic (exact) mass is 333 g/mol. The molecule has 0 aliphatic carbocycles. The summed E-state index contributed by atoms with van der Waals surface area (Å²) in [5, 5.41) is 2.60. The summed E-state index contributed by atoms with van der Waals surface area (Å²) in [6.45, 7) is 2.14. The van der Waals surface area contributed by atoms with Crippen molar-refractivity contribution in [3.63, 3.8) is 0 Å². The molecule has 1 aliphatic heterocycles. The van der Waals surface area contributed by atoms with Gasteiger partial charge in [-0.05, 0) is 24.6 Å². The highest BCUT2D eigenvalue weighted by Gasteiger charge is 2.36. The van der Waals surface area contributed by atoms with Crippen LogP contribution in [-0.4, -0.2) is 56.9 Å². The molecule has 0 aromatic heterocycles. The number of ether oxygens (including phenoxy) is 1. The molecule has 1 saturated heterocycles. The number of anilines is 1. The van der Waals surface area contributed by atoms with Crippen LogP contribution in [0.25, 0.3) is 0 Å². The van der Waals surface area contributed by atoms with E-state index in [0.29, 0.717) is 11.4 Å². The number of carbonyl (C=O) groups is 3. The van der Waals surface area contributed by atoms with Crippen LogP contribution in [0.4, 0.5) is 5.69 Å². The van der Waals surface area contributed by atoms with Crippen molar-refractivity contribution in [2.24, 2.45) is 5.92 Å². The summed E-state index contributed by atoms with van der Waals surface area (Å²) in [4.78, 5) is 39.1. The third kappa shape index (κ3) is 3.84. The third-order valence-corrected chi connectivity index (χ3v) is 4.03. The van der Waals surface area contributed by atoms with Gasteiger partial charge in [0.05, 0.1) is 25.3 Å². The zero-order valence-electron chi connectivity index (χ0n) is 14.5. The van der Waals surface area contributed by atoms with Gasteiger partial charge >= 0.3 is 0 Å². The van der Waals surface area contributed by atoms with Crippen LogP contribution in [0.3, 0.4) is 0 Å². The van der Waals surface area contributed by atoms with Crippen molar-refractivity contribution in [2.75, 3.05) is 39.2 Å².